The van der Waals surface area contributed by atoms with Crippen LogP contribution in [0.4, 0.5) is 17.2 Å². The van der Waals surface area contributed by atoms with Crippen LogP contribution in [-0.2, 0) is 0 Å². The number of nitrogens with zero attached hydrogens (tertiary/aromatic N) is 3. The van der Waals surface area contributed by atoms with Crippen molar-refractivity contribution in [3.63, 3.8) is 0 Å². The first-order chi connectivity index (χ1) is 12.1. The van der Waals surface area contributed by atoms with Crippen molar-refractivity contribution in [3.05, 3.63) is 46.6 Å². The fraction of sp³-hybridized carbons (Fsp3) is 0.353. The monoisotopic (exact) mass is 344 g/mol. The van der Waals surface area contributed by atoms with Crippen LogP contribution in [0.15, 0.2) is 36.5 Å². The number of hydrogen-bond acceptors (Lipinski definition) is 7. The van der Waals surface area contributed by atoms with Crippen molar-refractivity contribution in [2.45, 2.75) is 12.5 Å². The van der Waals surface area contributed by atoms with Gasteiger partial charge in [-0.1, -0.05) is 0 Å². The van der Waals surface area contributed by atoms with Crippen LogP contribution in [-0.4, -0.2) is 43.3 Å². The minimum Gasteiger partial charge on any atom is -0.497 e. The smallest absolute Gasteiger partial charge is 0.311 e. The van der Waals surface area contributed by atoms with E-state index in [9.17, 15) is 10.1 Å². The van der Waals surface area contributed by atoms with Crippen molar-refractivity contribution < 1.29 is 14.4 Å². The highest BCUT2D eigenvalue weighted by Gasteiger charge is 2.26. The van der Waals surface area contributed by atoms with Gasteiger partial charge in [0.15, 0.2) is 0 Å². The topological polar surface area (TPSA) is 89.8 Å². The van der Waals surface area contributed by atoms with Gasteiger partial charge in [0, 0.05) is 55.3 Å². The summed E-state index contributed by atoms with van der Waals surface area (Å²) in [6, 6.07) is 8.82. The van der Waals surface area contributed by atoms with E-state index >= 15 is 0 Å². The SMILES string of the molecule is COc1cc(OC)cc(N2CCC(Nc3ncccc3[N+](=O)[O-])C2)c1. The van der Waals surface area contributed by atoms with E-state index in [1.165, 1.54) is 6.07 Å². The predicted molar refractivity (Wildman–Crippen MR) is 94.7 cm³/mol. The van der Waals surface area contributed by atoms with Gasteiger partial charge in [0.25, 0.3) is 0 Å². The molecule has 1 aromatic heterocycles. The Hall–Kier alpha value is -3.03. The molecule has 0 spiro atoms. The third-order valence-corrected chi connectivity index (χ3v) is 4.21. The minimum atomic E-state index is -0.422. The predicted octanol–water partition coefficient (Wildman–Crippen LogP) is 2.70. The molecule has 0 saturated carbocycles. The van der Waals surface area contributed by atoms with Gasteiger partial charge in [-0.05, 0) is 12.5 Å². The molecule has 8 heteroatoms. The lowest BCUT2D eigenvalue weighted by Crippen LogP contribution is -2.26. The fourth-order valence-corrected chi connectivity index (χ4v) is 2.94. The second kappa shape index (κ2) is 7.25. The molecule has 1 atom stereocenters. The van der Waals surface area contributed by atoms with Crippen LogP contribution in [0, 0.1) is 10.1 Å². The first-order valence-corrected chi connectivity index (χ1v) is 7.94. The highest BCUT2D eigenvalue weighted by atomic mass is 16.6. The molecule has 1 aliphatic heterocycles. The summed E-state index contributed by atoms with van der Waals surface area (Å²) in [7, 11) is 3.24. The van der Waals surface area contributed by atoms with E-state index in [-0.39, 0.29) is 11.7 Å². The Kier molecular flexibility index (Phi) is 4.87. The number of anilines is 2. The first kappa shape index (κ1) is 16.8. The number of hydrogen-bond donors (Lipinski definition) is 1. The number of rotatable bonds is 6. The maximum Gasteiger partial charge on any atom is 0.311 e. The van der Waals surface area contributed by atoms with E-state index in [4.69, 9.17) is 9.47 Å². The van der Waals surface area contributed by atoms with Crippen molar-refractivity contribution in [3.8, 4) is 11.5 Å². The molecule has 2 aromatic rings. The molecule has 0 amide bonds. The Morgan fingerprint density at radius 3 is 2.64 bits per heavy atom. The maximum atomic E-state index is 11.1. The Labute approximate surface area is 145 Å². The highest BCUT2D eigenvalue weighted by Crippen LogP contribution is 2.31. The van der Waals surface area contributed by atoms with Crippen LogP contribution in [0.25, 0.3) is 0 Å². The van der Waals surface area contributed by atoms with Gasteiger partial charge < -0.3 is 19.7 Å². The Balaban J connectivity index is 1.73. The zero-order chi connectivity index (χ0) is 17.8. The maximum absolute atomic E-state index is 11.1. The summed E-state index contributed by atoms with van der Waals surface area (Å²) in [5, 5.41) is 14.3. The molecule has 1 aromatic carbocycles. The molecule has 0 bridgehead atoms. The number of pyridine rings is 1. The zero-order valence-corrected chi connectivity index (χ0v) is 14.1. The van der Waals surface area contributed by atoms with E-state index in [1.54, 1.807) is 26.5 Å². The van der Waals surface area contributed by atoms with Gasteiger partial charge in [-0.3, -0.25) is 10.1 Å². The van der Waals surface area contributed by atoms with Crippen LogP contribution in [0.2, 0.25) is 0 Å². The summed E-state index contributed by atoms with van der Waals surface area (Å²) in [5.74, 6) is 1.76. The number of ether oxygens (including phenoxy) is 2. The van der Waals surface area contributed by atoms with Gasteiger partial charge in [0.2, 0.25) is 5.82 Å². The van der Waals surface area contributed by atoms with Crippen LogP contribution in [0.1, 0.15) is 6.42 Å². The lowest BCUT2D eigenvalue weighted by atomic mass is 10.2. The average Bonchev–Trinajstić information content (AvgIpc) is 3.10. The Morgan fingerprint density at radius 1 is 1.28 bits per heavy atom. The second-order valence-electron chi connectivity index (χ2n) is 5.78. The number of nitrogens with one attached hydrogen (secondary N) is 1. The molecule has 0 aliphatic carbocycles. The van der Waals surface area contributed by atoms with Gasteiger partial charge >= 0.3 is 5.69 Å². The lowest BCUT2D eigenvalue weighted by molar-refractivity contribution is -0.384. The number of nitro groups is 1. The molecule has 2 heterocycles. The molecule has 1 aliphatic rings. The first-order valence-electron chi connectivity index (χ1n) is 7.94. The van der Waals surface area contributed by atoms with Gasteiger partial charge in [-0.25, -0.2) is 4.98 Å². The molecule has 3 rings (SSSR count). The largest absolute Gasteiger partial charge is 0.497 e. The van der Waals surface area contributed by atoms with Gasteiger partial charge in [-0.15, -0.1) is 0 Å². The summed E-state index contributed by atoms with van der Waals surface area (Å²) in [5.41, 5.74) is 0.986. The van der Waals surface area contributed by atoms with Crippen LogP contribution < -0.4 is 19.7 Å². The molecule has 0 radical (unpaired) electrons. The summed E-state index contributed by atoms with van der Waals surface area (Å²) < 4.78 is 10.6. The number of aromatic nitrogens is 1. The molecule has 1 fully saturated rings. The van der Waals surface area contributed by atoms with Gasteiger partial charge in [0.1, 0.15) is 11.5 Å². The van der Waals surface area contributed by atoms with Gasteiger partial charge in [-0.2, -0.15) is 0 Å². The van der Waals surface area contributed by atoms with Gasteiger partial charge in [0.05, 0.1) is 19.1 Å². The standard InChI is InChI=1S/C17H20N4O4/c1-24-14-8-13(9-15(10-14)25-2)20-7-5-12(11-20)19-17-16(21(22)23)4-3-6-18-17/h3-4,6,8-10,12H,5,7,11H2,1-2H3,(H,18,19). The molecule has 1 saturated heterocycles. The highest BCUT2D eigenvalue weighted by molar-refractivity contribution is 5.59. The van der Waals surface area contributed by atoms with Crippen LogP contribution in [0.3, 0.4) is 0 Å². The van der Waals surface area contributed by atoms with Crippen molar-refractivity contribution in [2.24, 2.45) is 0 Å². The lowest BCUT2D eigenvalue weighted by Gasteiger charge is -2.20. The number of benzene rings is 1. The fourth-order valence-electron chi connectivity index (χ4n) is 2.94. The molecule has 132 valence electrons. The molecular weight excluding hydrogens is 324 g/mol. The van der Waals surface area contributed by atoms with E-state index in [0.717, 1.165) is 30.2 Å². The molecule has 1 N–H and O–H groups in total. The Bertz CT molecular complexity index is 746. The van der Waals surface area contributed by atoms with Crippen LogP contribution in [0.5, 0.6) is 11.5 Å². The van der Waals surface area contributed by atoms with Crippen molar-refractivity contribution >= 4 is 17.2 Å². The van der Waals surface area contributed by atoms with E-state index < -0.39 is 4.92 Å². The molecule has 25 heavy (non-hydrogen) atoms. The van der Waals surface area contributed by atoms with Crippen molar-refractivity contribution in [1.82, 2.24) is 4.98 Å². The van der Waals surface area contributed by atoms with Crippen molar-refractivity contribution in [2.75, 3.05) is 37.5 Å². The third-order valence-electron chi connectivity index (χ3n) is 4.21. The minimum absolute atomic E-state index is 0.0102. The van der Waals surface area contributed by atoms with E-state index in [2.05, 4.69) is 15.2 Å². The quantitative estimate of drug-likeness (QED) is 0.636. The van der Waals surface area contributed by atoms with Crippen LogP contribution >= 0.6 is 0 Å². The second-order valence-corrected chi connectivity index (χ2v) is 5.78. The van der Waals surface area contributed by atoms with E-state index in [1.807, 2.05) is 18.2 Å². The third kappa shape index (κ3) is 3.73. The molecule has 1 unspecified atom stereocenters. The normalized spacial score (nSPS) is 16.6. The molecule has 8 nitrogen and oxygen atoms in total. The Morgan fingerprint density at radius 2 is 2.00 bits per heavy atom. The number of methoxy groups -OCH3 is 2. The molecular formula is C17H20N4O4. The average molecular weight is 344 g/mol. The van der Waals surface area contributed by atoms with Crippen molar-refractivity contribution in [1.29, 1.82) is 0 Å². The summed E-state index contributed by atoms with van der Waals surface area (Å²) >= 11 is 0. The summed E-state index contributed by atoms with van der Waals surface area (Å²) in [6.07, 6.45) is 2.40. The zero-order valence-electron chi connectivity index (χ0n) is 14.1. The summed E-state index contributed by atoms with van der Waals surface area (Å²) in [4.78, 5) is 17.0. The van der Waals surface area contributed by atoms with E-state index in [0.29, 0.717) is 12.4 Å². The summed E-state index contributed by atoms with van der Waals surface area (Å²) in [6.45, 7) is 1.54.